The van der Waals surface area contributed by atoms with Crippen molar-refractivity contribution in [3.63, 3.8) is 0 Å². The molecular formula is C15H12BrClF3N3O3. The summed E-state index contributed by atoms with van der Waals surface area (Å²) in [7, 11) is 0. The van der Waals surface area contributed by atoms with Gasteiger partial charge in [-0.1, -0.05) is 11.6 Å². The van der Waals surface area contributed by atoms with Gasteiger partial charge in [-0.05, 0) is 39.5 Å². The molecule has 2 N–H and O–H groups in total. The number of nitrogens with one attached hydrogen (secondary N) is 1. The van der Waals surface area contributed by atoms with E-state index in [0.29, 0.717) is 31.4 Å². The Morgan fingerprint density at radius 3 is 2.81 bits per heavy atom. The Morgan fingerprint density at radius 2 is 2.19 bits per heavy atom. The van der Waals surface area contributed by atoms with Gasteiger partial charge in [0.25, 0.3) is 0 Å². The van der Waals surface area contributed by atoms with Crippen LogP contribution in [-0.4, -0.2) is 44.8 Å². The highest BCUT2D eigenvalue weighted by atomic mass is 79.9. The summed E-state index contributed by atoms with van der Waals surface area (Å²) in [6.07, 6.45) is -5.16. The van der Waals surface area contributed by atoms with Crippen molar-refractivity contribution < 1.29 is 27.9 Å². The average Bonchev–Trinajstić information content (AvgIpc) is 2.84. The van der Waals surface area contributed by atoms with Crippen molar-refractivity contribution >= 4 is 50.3 Å². The summed E-state index contributed by atoms with van der Waals surface area (Å²) < 4.78 is 39.4. The zero-order valence-corrected chi connectivity index (χ0v) is 15.4. The number of hydrogen-bond acceptors (Lipinski definition) is 3. The van der Waals surface area contributed by atoms with Crippen molar-refractivity contribution in [2.45, 2.75) is 25.6 Å². The highest BCUT2D eigenvalue weighted by molar-refractivity contribution is 9.10. The first kappa shape index (κ1) is 19.0. The number of carbonyl (C=O) groups excluding carboxylic acids is 1. The number of amides is 1. The largest absolute Gasteiger partial charge is 0.481 e. The Hall–Kier alpha value is -1.81. The van der Waals surface area contributed by atoms with E-state index in [2.05, 4.69) is 26.1 Å². The molecule has 1 atom stereocenters. The zero-order chi connectivity index (χ0) is 19.2. The van der Waals surface area contributed by atoms with Gasteiger partial charge < -0.3 is 10.0 Å². The fraction of sp³-hybridized carbons (Fsp3) is 0.400. The normalized spacial score (nSPS) is 18.1. The van der Waals surface area contributed by atoms with Crippen LogP contribution in [0.1, 0.15) is 17.5 Å². The molecule has 2 heterocycles. The number of rotatable bonds is 3. The highest BCUT2D eigenvalue weighted by Crippen LogP contribution is 2.37. The minimum absolute atomic E-state index is 0.00483. The predicted octanol–water partition coefficient (Wildman–Crippen LogP) is 3.52. The Morgan fingerprint density at radius 1 is 1.50 bits per heavy atom. The monoisotopic (exact) mass is 453 g/mol. The van der Waals surface area contributed by atoms with Gasteiger partial charge >= 0.3 is 12.1 Å². The molecule has 26 heavy (non-hydrogen) atoms. The number of carboxylic acids is 1. The van der Waals surface area contributed by atoms with E-state index in [0.717, 1.165) is 0 Å². The molecule has 1 aromatic heterocycles. The third kappa shape index (κ3) is 3.66. The molecule has 1 unspecified atom stereocenters. The van der Waals surface area contributed by atoms with E-state index in [-0.39, 0.29) is 18.1 Å². The standard InChI is InChI=1S/C15H12BrClF3N3O3/c16-9-2-6-1-7(3-10(24)25)14(26)23(5-15(18,19)20)4-8(6)11-12(9)21-22-13(11)17/h2,7H,1,3-5H2,(H,21,22)(H,24,25). The topological polar surface area (TPSA) is 86.3 Å². The lowest BCUT2D eigenvalue weighted by molar-refractivity contribution is -0.165. The lowest BCUT2D eigenvalue weighted by Crippen LogP contribution is -2.41. The van der Waals surface area contributed by atoms with Crippen LogP contribution in [0.2, 0.25) is 5.15 Å². The molecule has 0 radical (unpaired) electrons. The minimum atomic E-state index is -4.61. The van der Waals surface area contributed by atoms with Gasteiger partial charge in [0.2, 0.25) is 5.91 Å². The van der Waals surface area contributed by atoms with Gasteiger partial charge in [-0.2, -0.15) is 18.3 Å². The molecule has 0 fully saturated rings. The Balaban J connectivity index is 2.16. The first-order valence-corrected chi connectivity index (χ1v) is 8.65. The van der Waals surface area contributed by atoms with Crippen LogP contribution in [0.25, 0.3) is 10.9 Å². The van der Waals surface area contributed by atoms with E-state index < -0.39 is 36.9 Å². The highest BCUT2D eigenvalue weighted by Gasteiger charge is 2.39. The van der Waals surface area contributed by atoms with E-state index in [1.807, 2.05) is 0 Å². The number of benzene rings is 1. The molecule has 6 nitrogen and oxygen atoms in total. The number of H-pyrrole nitrogens is 1. The summed E-state index contributed by atoms with van der Waals surface area (Å²) in [6, 6.07) is 1.66. The lowest BCUT2D eigenvalue weighted by Gasteiger charge is -2.25. The SMILES string of the molecule is O=C(O)CC1Cc2cc(Br)c3[nH]nc(Cl)c3c2CN(CC(F)(F)F)C1=O. The fourth-order valence-corrected chi connectivity index (χ4v) is 4.02. The lowest BCUT2D eigenvalue weighted by atomic mass is 9.93. The molecule has 0 saturated carbocycles. The number of aromatic amines is 1. The third-order valence-corrected chi connectivity index (χ3v) is 5.12. The van der Waals surface area contributed by atoms with Crippen molar-refractivity contribution in [1.82, 2.24) is 15.1 Å². The number of hydrogen-bond donors (Lipinski definition) is 2. The number of aromatic nitrogens is 2. The number of nitrogens with zero attached hydrogens (tertiary/aromatic N) is 2. The van der Waals surface area contributed by atoms with Gasteiger partial charge in [-0.3, -0.25) is 14.7 Å². The second-order valence-corrected chi connectivity index (χ2v) is 7.28. The summed E-state index contributed by atoms with van der Waals surface area (Å²) in [6.45, 7) is -1.79. The molecule has 1 amide bonds. The van der Waals surface area contributed by atoms with Crippen LogP contribution in [0.3, 0.4) is 0 Å². The molecular weight excluding hydrogens is 443 g/mol. The maximum atomic E-state index is 12.9. The second kappa shape index (κ2) is 6.73. The number of aliphatic carboxylic acids is 1. The molecule has 0 bridgehead atoms. The summed E-state index contributed by atoms with van der Waals surface area (Å²) in [5.41, 5.74) is 1.51. The smallest absolute Gasteiger partial charge is 0.406 e. The zero-order valence-electron chi connectivity index (χ0n) is 13.0. The van der Waals surface area contributed by atoms with Crippen molar-refractivity contribution in [1.29, 1.82) is 0 Å². The van der Waals surface area contributed by atoms with Gasteiger partial charge in [-0.15, -0.1) is 0 Å². The molecule has 2 aromatic rings. The van der Waals surface area contributed by atoms with Crippen LogP contribution >= 0.6 is 27.5 Å². The van der Waals surface area contributed by atoms with Crippen LogP contribution in [0.15, 0.2) is 10.5 Å². The van der Waals surface area contributed by atoms with Crippen LogP contribution in [0.4, 0.5) is 13.2 Å². The van der Waals surface area contributed by atoms with Gasteiger partial charge in [-0.25, -0.2) is 0 Å². The average molecular weight is 455 g/mol. The molecule has 1 aliphatic heterocycles. The molecule has 3 rings (SSSR count). The Bertz CT molecular complexity index is 900. The van der Waals surface area contributed by atoms with Gasteiger partial charge in [0.05, 0.1) is 17.9 Å². The van der Waals surface area contributed by atoms with Crippen LogP contribution in [0, 0.1) is 5.92 Å². The Kier molecular flexibility index (Phi) is 4.91. The van der Waals surface area contributed by atoms with E-state index in [1.54, 1.807) is 6.07 Å². The van der Waals surface area contributed by atoms with Crippen LogP contribution in [0.5, 0.6) is 0 Å². The Labute approximate surface area is 158 Å². The van der Waals surface area contributed by atoms with Crippen molar-refractivity contribution in [2.24, 2.45) is 5.92 Å². The minimum Gasteiger partial charge on any atom is -0.481 e. The van der Waals surface area contributed by atoms with E-state index >= 15 is 0 Å². The van der Waals surface area contributed by atoms with Crippen LogP contribution < -0.4 is 0 Å². The van der Waals surface area contributed by atoms with Crippen molar-refractivity contribution in [2.75, 3.05) is 6.54 Å². The summed E-state index contributed by atoms with van der Waals surface area (Å²) >= 11 is 9.43. The molecule has 0 aliphatic carbocycles. The van der Waals surface area contributed by atoms with E-state index in [4.69, 9.17) is 16.7 Å². The number of carbonyl (C=O) groups is 2. The predicted molar refractivity (Wildman–Crippen MR) is 89.7 cm³/mol. The number of carboxylic acid groups (broad SMARTS) is 1. The maximum Gasteiger partial charge on any atom is 0.406 e. The number of alkyl halides is 3. The number of fused-ring (bicyclic) bond motifs is 3. The fourth-order valence-electron chi connectivity index (χ4n) is 3.20. The molecule has 11 heteroatoms. The molecule has 140 valence electrons. The van der Waals surface area contributed by atoms with Gasteiger partial charge in [0.1, 0.15) is 6.54 Å². The first-order chi connectivity index (χ1) is 12.1. The molecule has 0 spiro atoms. The maximum absolute atomic E-state index is 12.9. The van der Waals surface area contributed by atoms with E-state index in [1.165, 1.54) is 0 Å². The van der Waals surface area contributed by atoms with Gasteiger partial charge in [0.15, 0.2) is 5.15 Å². The van der Waals surface area contributed by atoms with Crippen molar-refractivity contribution in [3.8, 4) is 0 Å². The third-order valence-electron chi connectivity index (χ3n) is 4.22. The summed E-state index contributed by atoms with van der Waals surface area (Å²) in [4.78, 5) is 24.3. The molecule has 1 aromatic carbocycles. The quantitative estimate of drug-likeness (QED) is 0.743. The van der Waals surface area contributed by atoms with E-state index in [9.17, 15) is 22.8 Å². The summed E-state index contributed by atoms with van der Waals surface area (Å²) in [5.74, 6) is -3.18. The summed E-state index contributed by atoms with van der Waals surface area (Å²) in [5, 5.41) is 16.1. The molecule has 0 saturated heterocycles. The van der Waals surface area contributed by atoms with Crippen molar-refractivity contribution in [3.05, 3.63) is 26.8 Å². The number of halogens is 5. The van der Waals surface area contributed by atoms with Gasteiger partial charge in [0, 0.05) is 16.4 Å². The van der Waals surface area contributed by atoms with Crippen LogP contribution in [-0.2, 0) is 22.6 Å². The molecule has 1 aliphatic rings. The second-order valence-electron chi connectivity index (χ2n) is 6.07. The first-order valence-electron chi connectivity index (χ1n) is 7.48.